The van der Waals surface area contributed by atoms with Crippen LogP contribution < -0.4 is 5.32 Å². The maximum Gasteiger partial charge on any atom is 0.240 e. The Kier molecular flexibility index (Phi) is 4.41. The van der Waals surface area contributed by atoms with Crippen molar-refractivity contribution in [3.63, 3.8) is 0 Å². The number of benzene rings is 1. The zero-order valence-corrected chi connectivity index (χ0v) is 13.2. The van der Waals surface area contributed by atoms with E-state index in [0.29, 0.717) is 17.8 Å². The number of nitrogens with one attached hydrogen (secondary N) is 1. The van der Waals surface area contributed by atoms with Gasteiger partial charge in [0, 0.05) is 13.1 Å². The molecule has 1 aliphatic rings. The Hall–Kier alpha value is -1.59. The number of halogens is 1. The topological polar surface area (TPSA) is 45.5 Å². The van der Waals surface area contributed by atoms with Gasteiger partial charge in [-0.25, -0.2) is 0 Å². The molecule has 1 aromatic carbocycles. The number of carbonyl (C=O) groups excluding carboxylic acids is 1. The minimum atomic E-state index is -0.113. The van der Waals surface area contributed by atoms with E-state index in [1.54, 1.807) is 0 Å². The average molecular weight is 349 g/mol. The lowest BCUT2D eigenvalue weighted by atomic mass is 10.2. The van der Waals surface area contributed by atoms with Crippen LogP contribution in [0.3, 0.4) is 0 Å². The summed E-state index contributed by atoms with van der Waals surface area (Å²) in [6.07, 6.45) is 0.841. The summed E-state index contributed by atoms with van der Waals surface area (Å²) in [5, 5.41) is 3.27. The number of rotatable bonds is 5. The molecule has 1 amide bonds. The molecular weight excluding hydrogens is 332 g/mol. The molecule has 0 aliphatic carbocycles. The van der Waals surface area contributed by atoms with Crippen molar-refractivity contribution < 1.29 is 9.21 Å². The number of amides is 1. The van der Waals surface area contributed by atoms with Gasteiger partial charge < -0.3 is 9.32 Å². The highest BCUT2D eigenvalue weighted by molar-refractivity contribution is 9.10. The van der Waals surface area contributed by atoms with Gasteiger partial charge in [-0.05, 0) is 40.0 Å². The molecule has 21 heavy (non-hydrogen) atoms. The van der Waals surface area contributed by atoms with E-state index < -0.39 is 0 Å². The largest absolute Gasteiger partial charge is 0.453 e. The number of carbonyl (C=O) groups is 1. The van der Waals surface area contributed by atoms with Crippen LogP contribution in [0.15, 0.2) is 51.6 Å². The Morgan fingerprint density at radius 1 is 1.24 bits per heavy atom. The van der Waals surface area contributed by atoms with Gasteiger partial charge in [0.15, 0.2) is 4.67 Å². The molecule has 1 aliphatic heterocycles. The predicted molar refractivity (Wildman–Crippen MR) is 83.5 cm³/mol. The molecule has 0 spiro atoms. The SMILES string of the molecule is O=C1C(NCc2ccc(Br)o2)CCN1Cc1ccccc1. The van der Waals surface area contributed by atoms with Crippen molar-refractivity contribution in [2.75, 3.05) is 6.54 Å². The molecule has 1 saturated heterocycles. The Bertz CT molecular complexity index is 612. The molecule has 110 valence electrons. The van der Waals surface area contributed by atoms with Gasteiger partial charge in [0.05, 0.1) is 12.6 Å². The highest BCUT2D eigenvalue weighted by Gasteiger charge is 2.31. The van der Waals surface area contributed by atoms with E-state index >= 15 is 0 Å². The number of nitrogens with zero attached hydrogens (tertiary/aromatic N) is 1. The smallest absolute Gasteiger partial charge is 0.240 e. The molecule has 4 nitrogen and oxygen atoms in total. The number of hydrogen-bond acceptors (Lipinski definition) is 3. The summed E-state index contributed by atoms with van der Waals surface area (Å²) in [6, 6.07) is 13.7. The molecule has 1 fully saturated rings. The maximum atomic E-state index is 12.4. The van der Waals surface area contributed by atoms with Gasteiger partial charge in [-0.15, -0.1) is 0 Å². The third kappa shape index (κ3) is 3.54. The zero-order valence-electron chi connectivity index (χ0n) is 11.6. The Morgan fingerprint density at radius 2 is 2.05 bits per heavy atom. The molecule has 1 atom stereocenters. The minimum absolute atomic E-state index is 0.113. The van der Waals surface area contributed by atoms with Crippen LogP contribution >= 0.6 is 15.9 Å². The second kappa shape index (κ2) is 6.45. The molecule has 5 heteroatoms. The van der Waals surface area contributed by atoms with Gasteiger partial charge in [0.25, 0.3) is 0 Å². The van der Waals surface area contributed by atoms with Crippen LogP contribution in [0.4, 0.5) is 0 Å². The Morgan fingerprint density at radius 3 is 2.76 bits per heavy atom. The van der Waals surface area contributed by atoms with Crippen molar-refractivity contribution in [1.82, 2.24) is 10.2 Å². The molecular formula is C16H17BrN2O2. The Labute approximate surface area is 132 Å². The molecule has 2 aromatic rings. The van der Waals surface area contributed by atoms with E-state index in [-0.39, 0.29) is 11.9 Å². The van der Waals surface area contributed by atoms with Gasteiger partial charge in [0.1, 0.15) is 5.76 Å². The molecule has 2 heterocycles. The summed E-state index contributed by atoms with van der Waals surface area (Å²) in [5.74, 6) is 1.00. The molecule has 1 unspecified atom stereocenters. The van der Waals surface area contributed by atoms with Crippen molar-refractivity contribution in [2.24, 2.45) is 0 Å². The van der Waals surface area contributed by atoms with Crippen molar-refractivity contribution >= 4 is 21.8 Å². The summed E-state index contributed by atoms with van der Waals surface area (Å²) < 4.78 is 6.14. The zero-order chi connectivity index (χ0) is 14.7. The van der Waals surface area contributed by atoms with E-state index in [4.69, 9.17) is 4.42 Å². The highest BCUT2D eigenvalue weighted by Crippen LogP contribution is 2.17. The summed E-state index contributed by atoms with van der Waals surface area (Å²) in [5.41, 5.74) is 1.17. The first kappa shape index (κ1) is 14.4. The van der Waals surface area contributed by atoms with E-state index in [9.17, 15) is 4.79 Å². The number of furan rings is 1. The van der Waals surface area contributed by atoms with Crippen LogP contribution in [0.5, 0.6) is 0 Å². The first-order chi connectivity index (χ1) is 10.2. The second-order valence-corrected chi connectivity index (χ2v) is 5.95. The van der Waals surface area contributed by atoms with Crippen LogP contribution in [0.1, 0.15) is 17.7 Å². The summed E-state index contributed by atoms with van der Waals surface area (Å²) >= 11 is 3.27. The standard InChI is InChI=1S/C16H17BrN2O2/c17-15-7-6-13(21-15)10-18-14-8-9-19(16(14)20)11-12-4-2-1-3-5-12/h1-7,14,18H,8-11H2. The average Bonchev–Trinajstić information content (AvgIpc) is 3.06. The van der Waals surface area contributed by atoms with Crippen molar-refractivity contribution in [3.8, 4) is 0 Å². The van der Waals surface area contributed by atoms with E-state index in [0.717, 1.165) is 18.7 Å². The first-order valence-corrected chi connectivity index (χ1v) is 7.82. The van der Waals surface area contributed by atoms with Crippen molar-refractivity contribution in [3.05, 3.63) is 58.5 Å². The van der Waals surface area contributed by atoms with Crippen LogP contribution in [-0.2, 0) is 17.9 Å². The lowest BCUT2D eigenvalue weighted by Gasteiger charge is -2.17. The Balaban J connectivity index is 1.54. The number of hydrogen-bond donors (Lipinski definition) is 1. The first-order valence-electron chi connectivity index (χ1n) is 7.03. The fourth-order valence-corrected chi connectivity index (χ4v) is 2.90. The molecule has 3 rings (SSSR count). The van der Waals surface area contributed by atoms with Gasteiger partial charge in [-0.2, -0.15) is 0 Å². The molecule has 1 N–H and O–H groups in total. The monoisotopic (exact) mass is 348 g/mol. The number of likely N-dealkylation sites (tertiary alicyclic amines) is 1. The van der Waals surface area contributed by atoms with Gasteiger partial charge in [-0.1, -0.05) is 30.3 Å². The summed E-state index contributed by atoms with van der Waals surface area (Å²) in [7, 11) is 0. The third-order valence-corrected chi connectivity index (χ3v) is 4.09. The fourth-order valence-electron chi connectivity index (χ4n) is 2.56. The van der Waals surface area contributed by atoms with E-state index in [2.05, 4.69) is 33.4 Å². The van der Waals surface area contributed by atoms with Gasteiger partial charge >= 0.3 is 0 Å². The van der Waals surface area contributed by atoms with Gasteiger partial charge in [0.2, 0.25) is 5.91 Å². The molecule has 0 saturated carbocycles. The van der Waals surface area contributed by atoms with Crippen molar-refractivity contribution in [2.45, 2.75) is 25.6 Å². The highest BCUT2D eigenvalue weighted by atomic mass is 79.9. The van der Waals surface area contributed by atoms with Crippen LogP contribution in [0.2, 0.25) is 0 Å². The third-order valence-electron chi connectivity index (χ3n) is 3.67. The van der Waals surface area contributed by atoms with Gasteiger partial charge in [-0.3, -0.25) is 10.1 Å². The lowest BCUT2D eigenvalue weighted by molar-refractivity contribution is -0.129. The lowest BCUT2D eigenvalue weighted by Crippen LogP contribution is -2.37. The van der Waals surface area contributed by atoms with Crippen LogP contribution in [0.25, 0.3) is 0 Å². The maximum absolute atomic E-state index is 12.4. The van der Waals surface area contributed by atoms with Crippen molar-refractivity contribution in [1.29, 1.82) is 0 Å². The molecule has 0 bridgehead atoms. The van der Waals surface area contributed by atoms with E-state index in [1.807, 2.05) is 35.2 Å². The minimum Gasteiger partial charge on any atom is -0.453 e. The second-order valence-electron chi connectivity index (χ2n) is 5.17. The van der Waals surface area contributed by atoms with Crippen LogP contribution in [0, 0.1) is 0 Å². The molecule has 0 radical (unpaired) electrons. The summed E-state index contributed by atoms with van der Waals surface area (Å²) in [4.78, 5) is 14.3. The normalized spacial score (nSPS) is 18.4. The van der Waals surface area contributed by atoms with E-state index in [1.165, 1.54) is 5.56 Å². The fraction of sp³-hybridized carbons (Fsp3) is 0.312. The quantitative estimate of drug-likeness (QED) is 0.903. The predicted octanol–water partition coefficient (Wildman–Crippen LogP) is 2.93. The van der Waals surface area contributed by atoms with Crippen LogP contribution in [-0.4, -0.2) is 23.4 Å². The summed E-state index contributed by atoms with van der Waals surface area (Å²) in [6.45, 7) is 2.05. The molecule has 1 aromatic heterocycles.